The molecular formula is C14H22N4O6S. The van der Waals surface area contributed by atoms with Crippen molar-refractivity contribution in [2.24, 2.45) is 5.92 Å². The Bertz CT molecular complexity index is 675. The van der Waals surface area contributed by atoms with Crippen LogP contribution >= 0.6 is 0 Å². The lowest BCUT2D eigenvalue weighted by Gasteiger charge is -2.29. The van der Waals surface area contributed by atoms with Crippen LogP contribution in [-0.2, 0) is 24.0 Å². The van der Waals surface area contributed by atoms with Gasteiger partial charge in [-0.25, -0.2) is 10.3 Å². The lowest BCUT2D eigenvalue weighted by atomic mass is 10.0. The third-order valence-electron chi connectivity index (χ3n) is 5.26. The number of rotatable bonds is 6. The Morgan fingerprint density at radius 3 is 2.84 bits per heavy atom. The molecule has 0 aromatic rings. The molecule has 0 aromatic heterocycles. The topological polar surface area (TPSA) is 117 Å². The summed E-state index contributed by atoms with van der Waals surface area (Å²) < 4.78 is 27.3. The molecule has 5 atom stereocenters. The zero-order valence-electron chi connectivity index (χ0n) is 13.9. The van der Waals surface area contributed by atoms with Crippen LogP contribution in [-0.4, -0.2) is 73.9 Å². The smallest absolute Gasteiger partial charge is 0.309 e. The number of nitrogens with zero attached hydrogens (tertiary/aromatic N) is 2. The molecule has 4 fully saturated rings. The van der Waals surface area contributed by atoms with E-state index >= 15 is 0 Å². The van der Waals surface area contributed by atoms with Crippen LogP contribution in [0.25, 0.3) is 0 Å². The second kappa shape index (κ2) is 6.08. The summed E-state index contributed by atoms with van der Waals surface area (Å²) in [5, 5.41) is 4.28. The predicted molar refractivity (Wildman–Crippen MR) is 84.2 cm³/mol. The predicted octanol–water partition coefficient (Wildman–Crippen LogP) is -1.06. The van der Waals surface area contributed by atoms with Gasteiger partial charge in [0.1, 0.15) is 6.04 Å². The van der Waals surface area contributed by atoms with Gasteiger partial charge in [-0.3, -0.25) is 9.63 Å². The molecule has 0 spiro atoms. The van der Waals surface area contributed by atoms with Crippen LogP contribution in [0.4, 0.5) is 4.79 Å². The van der Waals surface area contributed by atoms with Gasteiger partial charge in [0.25, 0.3) is 16.0 Å². The quantitative estimate of drug-likeness (QED) is 0.569. The van der Waals surface area contributed by atoms with Crippen molar-refractivity contribution in [1.82, 2.24) is 20.8 Å². The third kappa shape index (κ3) is 3.46. The molecule has 4 rings (SSSR count). The number of amides is 3. The molecule has 1 aliphatic carbocycles. The highest BCUT2D eigenvalue weighted by molar-refractivity contribution is 7.85. The minimum absolute atomic E-state index is 0.256. The maximum Gasteiger partial charge on any atom is 0.346 e. The molecule has 0 aromatic carbocycles. The molecule has 140 valence electrons. The van der Waals surface area contributed by atoms with E-state index in [1.54, 1.807) is 0 Å². The summed E-state index contributed by atoms with van der Waals surface area (Å²) in [6.07, 6.45) is 4.10. The monoisotopic (exact) mass is 374 g/mol. The molecule has 3 saturated heterocycles. The molecular weight excluding hydrogens is 352 g/mol. The Morgan fingerprint density at radius 1 is 1.36 bits per heavy atom. The average molecular weight is 374 g/mol. The minimum Gasteiger partial charge on any atom is -0.309 e. The van der Waals surface area contributed by atoms with Crippen LogP contribution in [0.2, 0.25) is 0 Å². The number of hydrogen-bond donors (Lipinski definition) is 2. The number of hydroxylamine groups is 3. The summed E-state index contributed by atoms with van der Waals surface area (Å²) in [7, 11) is -3.80. The normalized spacial score (nSPS) is 36.5. The second-order valence-electron chi connectivity index (χ2n) is 7.27. The van der Waals surface area contributed by atoms with Crippen LogP contribution in [0.5, 0.6) is 0 Å². The Hall–Kier alpha value is -1.43. The van der Waals surface area contributed by atoms with E-state index in [2.05, 4.69) is 10.8 Å². The minimum atomic E-state index is -3.80. The summed E-state index contributed by atoms with van der Waals surface area (Å²) >= 11 is 0. The van der Waals surface area contributed by atoms with Gasteiger partial charge in [-0.05, 0) is 31.6 Å². The first-order valence-electron chi connectivity index (χ1n) is 8.49. The van der Waals surface area contributed by atoms with E-state index in [1.165, 1.54) is 11.3 Å². The van der Waals surface area contributed by atoms with Crippen molar-refractivity contribution in [3.8, 4) is 0 Å². The highest BCUT2D eigenvalue weighted by Crippen LogP contribution is 2.40. The zero-order valence-corrected chi connectivity index (χ0v) is 14.7. The maximum absolute atomic E-state index is 12.3. The molecule has 3 amide bonds. The van der Waals surface area contributed by atoms with Crippen molar-refractivity contribution in [3.05, 3.63) is 0 Å². The molecule has 3 unspecified atom stereocenters. The highest BCUT2D eigenvalue weighted by Gasteiger charge is 2.49. The van der Waals surface area contributed by atoms with Gasteiger partial charge < -0.3 is 10.2 Å². The maximum atomic E-state index is 12.3. The molecule has 25 heavy (non-hydrogen) atoms. The molecule has 2 bridgehead atoms. The van der Waals surface area contributed by atoms with Crippen LogP contribution < -0.4 is 10.8 Å². The Kier molecular flexibility index (Phi) is 4.13. The molecule has 0 radical (unpaired) electrons. The number of piperidine rings is 2. The van der Waals surface area contributed by atoms with Crippen molar-refractivity contribution < 1.29 is 27.1 Å². The summed E-state index contributed by atoms with van der Waals surface area (Å²) in [6.45, 7) is 0.658. The van der Waals surface area contributed by atoms with Crippen molar-refractivity contribution >= 4 is 22.1 Å². The summed E-state index contributed by atoms with van der Waals surface area (Å²) in [6, 6.07) is -0.774. The lowest BCUT2D eigenvalue weighted by molar-refractivity contribution is -0.139. The lowest BCUT2D eigenvalue weighted by Crippen LogP contribution is -2.50. The van der Waals surface area contributed by atoms with E-state index in [4.69, 9.17) is 9.12 Å². The van der Waals surface area contributed by atoms with Crippen molar-refractivity contribution in [1.29, 1.82) is 0 Å². The first-order valence-corrected chi connectivity index (χ1v) is 10.3. The fourth-order valence-electron chi connectivity index (χ4n) is 3.99. The zero-order chi connectivity index (χ0) is 17.8. The van der Waals surface area contributed by atoms with Gasteiger partial charge in [-0.1, -0.05) is 0 Å². The number of fused-ring (bicyclic) bond motifs is 3. The highest BCUT2D eigenvalue weighted by atomic mass is 32.2. The number of hydrogen-bond acceptors (Lipinski definition) is 7. The van der Waals surface area contributed by atoms with Gasteiger partial charge in [0.05, 0.1) is 18.9 Å². The first-order chi connectivity index (χ1) is 11.8. The number of carbonyl (C=O) groups is 2. The van der Waals surface area contributed by atoms with Gasteiger partial charge in [0.15, 0.2) is 0 Å². The van der Waals surface area contributed by atoms with Gasteiger partial charge in [0.2, 0.25) is 0 Å². The van der Waals surface area contributed by atoms with Gasteiger partial charge in [0, 0.05) is 18.6 Å². The van der Waals surface area contributed by atoms with E-state index < -0.39 is 28.1 Å². The second-order valence-corrected chi connectivity index (χ2v) is 8.82. The van der Waals surface area contributed by atoms with Gasteiger partial charge in [-0.15, -0.1) is 4.28 Å². The van der Waals surface area contributed by atoms with E-state index in [9.17, 15) is 18.0 Å². The van der Waals surface area contributed by atoms with E-state index in [1.807, 2.05) is 0 Å². The molecule has 3 heterocycles. The van der Waals surface area contributed by atoms with Crippen molar-refractivity contribution in [3.63, 3.8) is 0 Å². The van der Waals surface area contributed by atoms with Gasteiger partial charge >= 0.3 is 6.03 Å². The summed E-state index contributed by atoms with van der Waals surface area (Å²) in [5.74, 6) is 0.360. The average Bonchev–Trinajstić information content (AvgIpc) is 3.09. The van der Waals surface area contributed by atoms with E-state index in [0.717, 1.165) is 23.7 Å². The van der Waals surface area contributed by atoms with E-state index in [0.29, 0.717) is 25.5 Å². The Morgan fingerprint density at radius 2 is 2.16 bits per heavy atom. The summed E-state index contributed by atoms with van der Waals surface area (Å²) in [5.41, 5.74) is 2.42. The van der Waals surface area contributed by atoms with Gasteiger partial charge in [-0.2, -0.15) is 13.5 Å². The summed E-state index contributed by atoms with van der Waals surface area (Å²) in [4.78, 5) is 31.3. The number of urea groups is 1. The van der Waals surface area contributed by atoms with Crippen LogP contribution in [0.3, 0.4) is 0 Å². The number of nitrogens with one attached hydrogen (secondary N) is 2. The molecule has 1 saturated carbocycles. The van der Waals surface area contributed by atoms with Crippen LogP contribution in [0, 0.1) is 5.92 Å². The van der Waals surface area contributed by atoms with Crippen molar-refractivity contribution in [2.45, 2.75) is 49.9 Å². The number of carbonyl (C=O) groups excluding carboxylic acids is 2. The molecule has 10 nitrogen and oxygen atoms in total. The fourth-order valence-corrected chi connectivity index (χ4v) is 4.47. The fraction of sp³-hybridized carbons (Fsp3) is 0.857. The largest absolute Gasteiger partial charge is 0.346 e. The van der Waals surface area contributed by atoms with Crippen LogP contribution in [0.15, 0.2) is 0 Å². The Labute approximate surface area is 145 Å². The van der Waals surface area contributed by atoms with Crippen molar-refractivity contribution in [2.75, 3.05) is 19.4 Å². The molecule has 4 aliphatic rings. The third-order valence-corrected chi connectivity index (χ3v) is 5.69. The molecule has 3 aliphatic heterocycles. The Balaban J connectivity index is 1.29. The molecule has 2 N–H and O–H groups in total. The van der Waals surface area contributed by atoms with E-state index in [-0.39, 0.29) is 18.6 Å². The first kappa shape index (κ1) is 17.0. The molecule has 11 heteroatoms. The van der Waals surface area contributed by atoms with Crippen LogP contribution in [0.1, 0.15) is 25.7 Å². The standard InChI is InChI=1S/C14H22N4O6S/c1-25(21,22)24-18-10-2-3-12(17(6-10)14(18)20)13(19)16-23-7-9-4-8-5-11(8)15-9/h8-12,15H,2-7H2,1H3,(H,16,19)/t8?,9?,10-,11?,12+/m1/s1. The SMILES string of the molecule is CS(=O)(=O)ON1C(=O)N2C[C@H]1CC[C@H]2C(=O)NOCC1CC2CC2N1.